The molecular weight excluding hydrogens is 749 g/mol. The summed E-state index contributed by atoms with van der Waals surface area (Å²) in [6, 6.07) is 43.3. The number of rotatable bonds is 4. The van der Waals surface area contributed by atoms with Gasteiger partial charge in [-0.05, 0) is 111 Å². The van der Waals surface area contributed by atoms with E-state index in [1.165, 1.54) is 15.5 Å². The van der Waals surface area contributed by atoms with Crippen LogP contribution >= 0.6 is 11.3 Å². The topological polar surface area (TPSA) is 23.4 Å². The molecule has 60 heavy (non-hydrogen) atoms. The molecule has 0 saturated carbocycles. The van der Waals surface area contributed by atoms with Gasteiger partial charge in [0, 0.05) is 42.1 Å². The van der Waals surface area contributed by atoms with Crippen LogP contribution in [0.4, 0.5) is 0 Å². The Morgan fingerprint density at radius 2 is 1.13 bits per heavy atom. The quantitative estimate of drug-likeness (QED) is 0.166. The molecule has 2 aliphatic heterocycles. The van der Waals surface area contributed by atoms with E-state index >= 15 is 0 Å². The second-order valence-corrected chi connectivity index (χ2v) is 16.3. The molecule has 0 atom stereocenters. The number of fused-ring (bicyclic) bond motifs is 10. The number of hydrogen-bond acceptors (Lipinski definition) is 3. The summed E-state index contributed by atoms with van der Waals surface area (Å²) >= 11 is 1.75. The van der Waals surface area contributed by atoms with E-state index in [-0.39, 0.29) is 80.7 Å². The minimum Gasteiger partial charge on any atom is -0.458 e. The minimum absolute atomic E-state index is 0.00196. The summed E-state index contributed by atoms with van der Waals surface area (Å²) < 4.78 is 98.1. The molecule has 5 heteroatoms. The lowest BCUT2D eigenvalue weighted by atomic mass is 9.35. The van der Waals surface area contributed by atoms with E-state index < -0.39 is 30.9 Å². The molecule has 0 spiro atoms. The third-order valence-corrected chi connectivity index (χ3v) is 13.1. The fourth-order valence-corrected chi connectivity index (χ4v) is 10.5. The molecule has 0 N–H and O–H groups in total. The molecule has 0 amide bonds. The van der Waals surface area contributed by atoms with Crippen molar-refractivity contribution >= 4 is 76.4 Å². The van der Waals surface area contributed by atoms with Crippen LogP contribution in [-0.4, -0.2) is 11.3 Å². The van der Waals surface area contributed by atoms with Crippen molar-refractivity contribution in [3.63, 3.8) is 0 Å². The molecule has 0 fully saturated rings. The lowest BCUT2D eigenvalue weighted by Crippen LogP contribution is -2.57. The van der Waals surface area contributed by atoms with Crippen LogP contribution in [0, 0.1) is 6.92 Å². The van der Waals surface area contributed by atoms with Gasteiger partial charge < -0.3 is 14.0 Å². The van der Waals surface area contributed by atoms with Crippen LogP contribution in [-0.2, 0) is 0 Å². The highest BCUT2D eigenvalue weighted by Gasteiger charge is 2.40. The van der Waals surface area contributed by atoms with Gasteiger partial charge in [0.1, 0.15) is 23.0 Å². The van der Waals surface area contributed by atoms with Crippen molar-refractivity contribution in [3.8, 4) is 62.1 Å². The van der Waals surface area contributed by atoms with Gasteiger partial charge in [0.15, 0.2) is 0 Å². The van der Waals surface area contributed by atoms with Crippen LogP contribution in [0.2, 0.25) is 0 Å². The molecule has 0 aliphatic carbocycles. The van der Waals surface area contributed by atoms with Gasteiger partial charge in [0.25, 0.3) is 6.71 Å². The van der Waals surface area contributed by atoms with Gasteiger partial charge in [-0.3, -0.25) is 0 Å². The first-order valence-electron chi connectivity index (χ1n) is 24.3. The zero-order valence-electron chi connectivity index (χ0n) is 41.0. The molecule has 3 nitrogen and oxygen atoms in total. The van der Waals surface area contributed by atoms with E-state index in [4.69, 9.17) is 19.1 Å². The molecule has 2 aromatic heterocycles. The number of benzene rings is 9. The Morgan fingerprint density at radius 1 is 0.500 bits per heavy atom. The number of nitrogens with zero attached hydrogens (tertiary/aromatic N) is 1. The normalized spacial score (nSPS) is 14.8. The maximum atomic E-state index is 9.61. The number of para-hydroxylation sites is 3. The van der Waals surface area contributed by atoms with Crippen LogP contribution in [0.25, 0.3) is 81.0 Å². The first kappa shape index (κ1) is 25.9. The van der Waals surface area contributed by atoms with E-state index in [9.17, 15) is 2.74 Å². The van der Waals surface area contributed by atoms with E-state index in [1.807, 2.05) is 30.3 Å². The summed E-state index contributed by atoms with van der Waals surface area (Å²) in [6.07, 6.45) is 0. The Labute approximate surface area is 364 Å². The second-order valence-electron chi connectivity index (χ2n) is 15.3. The Hall–Kier alpha value is -7.34. The number of aromatic nitrogens is 1. The second kappa shape index (κ2) is 12.8. The molecule has 0 saturated heterocycles. The largest absolute Gasteiger partial charge is 0.458 e. The van der Waals surface area contributed by atoms with Gasteiger partial charge in [-0.15, -0.1) is 11.3 Å². The number of thiophene rings is 1. The van der Waals surface area contributed by atoms with Crippen molar-refractivity contribution in [2.45, 2.75) is 6.92 Å². The SMILES string of the molecule is [2H]c1c([2H])c([2H])c2c(c1[2H])Oc1c([2H])c(-c3ccc(-c4cccc5c4sc4c(-c6ccc7c(c6)c6ccccc6n7-c6ccccc6)cccc45)cc3)c([2H])c3c1B2c1c([2H])c([2H])c(C)c([2H])c1O3. The highest BCUT2D eigenvalue weighted by Crippen LogP contribution is 2.46. The zero-order valence-corrected chi connectivity index (χ0v) is 32.8. The molecule has 11 aromatic rings. The predicted octanol–water partition coefficient (Wildman–Crippen LogP) is 13.2. The lowest BCUT2D eigenvalue weighted by Gasteiger charge is -2.33. The smallest absolute Gasteiger partial charge is 0.260 e. The summed E-state index contributed by atoms with van der Waals surface area (Å²) in [6.45, 7) is 0.380. The molecule has 0 radical (unpaired) electrons. The van der Waals surface area contributed by atoms with Crippen LogP contribution in [0.3, 0.4) is 0 Å². The van der Waals surface area contributed by atoms with Crippen molar-refractivity contribution in [1.82, 2.24) is 4.57 Å². The van der Waals surface area contributed by atoms with Gasteiger partial charge in [0.05, 0.1) is 23.4 Å². The maximum Gasteiger partial charge on any atom is 0.260 e. The predicted molar refractivity (Wildman–Crippen MR) is 252 cm³/mol. The Morgan fingerprint density at radius 3 is 1.93 bits per heavy atom. The third kappa shape index (κ3) is 4.96. The number of hydrogen-bond donors (Lipinski definition) is 0. The Bertz CT molecular complexity index is 4000. The standard InChI is InChI=1S/C55H34BNO2S/c1-33-21-27-46-50(29-33)59-52-32-37(31-51-53(52)56(46)45-18-6-8-20-49(45)58-51)34-22-24-35(25-23-34)39-14-9-16-42-43-17-10-15-40(55(43)60-54(39)42)36-26-28-48-44(30-36)41-13-5-7-19-47(41)57(48)38-11-3-2-4-12-38/h2-32H,1H3/i6D,8D,18D,20D,21D,27D,29D,31D,32D. The van der Waals surface area contributed by atoms with Crippen molar-refractivity contribution in [2.75, 3.05) is 0 Å². The molecule has 9 aromatic carbocycles. The third-order valence-electron chi connectivity index (χ3n) is 11.9. The van der Waals surface area contributed by atoms with E-state index in [2.05, 4.69) is 108 Å². The van der Waals surface area contributed by atoms with Crippen LogP contribution < -0.4 is 25.9 Å². The van der Waals surface area contributed by atoms with Crippen LogP contribution in [0.5, 0.6) is 23.0 Å². The summed E-state index contributed by atoms with van der Waals surface area (Å²) in [4.78, 5) is 0. The van der Waals surface area contributed by atoms with Crippen molar-refractivity contribution in [2.24, 2.45) is 0 Å². The summed E-state index contributed by atoms with van der Waals surface area (Å²) in [5.41, 5.74) is 8.74. The highest BCUT2D eigenvalue weighted by atomic mass is 32.1. The average Bonchev–Trinajstić information content (AvgIpc) is 3.93. The maximum absolute atomic E-state index is 9.61. The fraction of sp³-hybridized carbons (Fsp3) is 0.0182. The lowest BCUT2D eigenvalue weighted by molar-refractivity contribution is 0.464. The average molecular weight is 793 g/mol. The Balaban J connectivity index is 0.934. The summed E-state index contributed by atoms with van der Waals surface area (Å²) in [5.74, 6) is -0.384. The first-order chi connectivity index (χ1) is 33.4. The van der Waals surface area contributed by atoms with Crippen LogP contribution in [0.15, 0.2) is 188 Å². The van der Waals surface area contributed by atoms with Gasteiger partial charge in [-0.1, -0.05) is 133 Å². The molecular formula is C55H34BNO2S. The molecule has 2 aliphatic rings. The summed E-state index contributed by atoms with van der Waals surface area (Å²) in [7, 11) is 0. The van der Waals surface area contributed by atoms with Gasteiger partial charge in [-0.25, -0.2) is 0 Å². The molecule has 280 valence electrons. The van der Waals surface area contributed by atoms with Crippen molar-refractivity contribution < 1.29 is 21.8 Å². The Kier molecular flexibility index (Phi) is 5.54. The zero-order chi connectivity index (χ0) is 47.3. The molecule has 13 rings (SSSR count). The molecule has 0 unspecified atom stereocenters. The van der Waals surface area contributed by atoms with Crippen molar-refractivity contribution in [3.05, 3.63) is 193 Å². The van der Waals surface area contributed by atoms with E-state index in [1.54, 1.807) is 18.3 Å². The van der Waals surface area contributed by atoms with Crippen LogP contribution in [0.1, 0.15) is 17.9 Å². The van der Waals surface area contributed by atoms with Gasteiger partial charge >= 0.3 is 0 Å². The monoisotopic (exact) mass is 792 g/mol. The van der Waals surface area contributed by atoms with Crippen molar-refractivity contribution in [1.29, 1.82) is 0 Å². The number of ether oxygens (including phenoxy) is 2. The minimum atomic E-state index is -1.17. The molecule has 4 heterocycles. The van der Waals surface area contributed by atoms with E-state index in [0.717, 1.165) is 54.4 Å². The highest BCUT2D eigenvalue weighted by molar-refractivity contribution is 7.26. The van der Waals surface area contributed by atoms with Gasteiger partial charge in [-0.2, -0.15) is 0 Å². The fourth-order valence-electron chi connectivity index (χ4n) is 9.15. The summed E-state index contributed by atoms with van der Waals surface area (Å²) in [5, 5.41) is 4.67. The van der Waals surface area contributed by atoms with Gasteiger partial charge in [0.2, 0.25) is 0 Å². The van der Waals surface area contributed by atoms with E-state index in [0.29, 0.717) is 5.56 Å². The molecule has 0 bridgehead atoms. The first-order valence-corrected chi connectivity index (χ1v) is 20.6.